The first kappa shape index (κ1) is 17.2. The van der Waals surface area contributed by atoms with E-state index in [1.165, 1.54) is 16.7 Å². The molecule has 3 rings (SSSR count). The molecule has 1 aromatic carbocycles. The predicted molar refractivity (Wildman–Crippen MR) is 95.3 cm³/mol. The molecular formula is C18H21FN4O2. The van der Waals surface area contributed by atoms with E-state index in [0.717, 1.165) is 12.1 Å². The second-order valence-electron chi connectivity index (χ2n) is 6.26. The third kappa shape index (κ3) is 3.56. The maximum Gasteiger partial charge on any atom is 0.275 e. The van der Waals surface area contributed by atoms with E-state index in [1.54, 1.807) is 28.8 Å². The fourth-order valence-corrected chi connectivity index (χ4v) is 2.87. The lowest BCUT2D eigenvalue weighted by molar-refractivity contribution is -0.121. The smallest absolute Gasteiger partial charge is 0.275 e. The van der Waals surface area contributed by atoms with Crippen LogP contribution < -0.4 is 10.9 Å². The number of nitrogens with zero attached hydrogens (tertiary/aromatic N) is 3. The number of aromatic nitrogens is 2. The molecule has 0 fully saturated rings. The van der Waals surface area contributed by atoms with Gasteiger partial charge in [0.15, 0.2) is 0 Å². The van der Waals surface area contributed by atoms with Gasteiger partial charge in [0, 0.05) is 32.3 Å². The Balaban J connectivity index is 1.89. The summed E-state index contributed by atoms with van der Waals surface area (Å²) in [5.74, 6) is -0.545. The average Bonchev–Trinajstić information content (AvgIpc) is 3.04. The fraction of sp³-hybridized carbons (Fsp3) is 0.333. The Labute approximate surface area is 144 Å². The van der Waals surface area contributed by atoms with E-state index in [2.05, 4.69) is 5.32 Å². The molecule has 6 nitrogen and oxygen atoms in total. The van der Waals surface area contributed by atoms with Crippen molar-refractivity contribution in [2.45, 2.75) is 13.0 Å². The van der Waals surface area contributed by atoms with Crippen LogP contribution in [0.5, 0.6) is 0 Å². The summed E-state index contributed by atoms with van der Waals surface area (Å²) in [5.41, 5.74) is 1.49. The van der Waals surface area contributed by atoms with Crippen molar-refractivity contribution < 1.29 is 9.18 Å². The van der Waals surface area contributed by atoms with Gasteiger partial charge in [-0.3, -0.25) is 9.59 Å². The Morgan fingerprint density at radius 1 is 1.20 bits per heavy atom. The minimum absolute atomic E-state index is 0.131. The number of rotatable bonds is 6. The fourth-order valence-electron chi connectivity index (χ4n) is 2.87. The second-order valence-corrected chi connectivity index (χ2v) is 6.26. The number of likely N-dealkylation sites (N-methyl/N-ethyl adjacent to an activating group) is 1. The first-order chi connectivity index (χ1) is 12.0. The monoisotopic (exact) mass is 344 g/mol. The third-order valence-electron chi connectivity index (χ3n) is 4.14. The summed E-state index contributed by atoms with van der Waals surface area (Å²) in [6.07, 6.45) is 1.94. The number of nitrogens with one attached hydrogen (secondary N) is 1. The summed E-state index contributed by atoms with van der Waals surface area (Å²) in [5, 5.41) is 2.82. The quantitative estimate of drug-likeness (QED) is 0.737. The van der Waals surface area contributed by atoms with Gasteiger partial charge in [-0.05, 0) is 44.4 Å². The highest BCUT2D eigenvalue weighted by Crippen LogP contribution is 2.17. The highest BCUT2D eigenvalue weighted by molar-refractivity contribution is 5.80. The molecule has 0 aliphatic carbocycles. The van der Waals surface area contributed by atoms with Gasteiger partial charge in [-0.1, -0.05) is 0 Å². The van der Waals surface area contributed by atoms with Crippen molar-refractivity contribution in [1.82, 2.24) is 19.2 Å². The van der Waals surface area contributed by atoms with Gasteiger partial charge < -0.3 is 19.2 Å². The van der Waals surface area contributed by atoms with Gasteiger partial charge in [0.25, 0.3) is 5.56 Å². The molecule has 0 atom stereocenters. The van der Waals surface area contributed by atoms with Gasteiger partial charge in [-0.25, -0.2) is 4.39 Å². The summed E-state index contributed by atoms with van der Waals surface area (Å²) in [6.45, 7) is 1.50. The van der Waals surface area contributed by atoms with Crippen LogP contribution in [0.1, 0.15) is 6.42 Å². The van der Waals surface area contributed by atoms with Gasteiger partial charge in [-0.2, -0.15) is 0 Å². The maximum absolute atomic E-state index is 13.7. The number of fused-ring (bicyclic) bond motifs is 3. The highest BCUT2D eigenvalue weighted by atomic mass is 19.1. The average molecular weight is 344 g/mol. The first-order valence-corrected chi connectivity index (χ1v) is 8.18. The molecule has 0 bridgehead atoms. The number of hydrogen-bond donors (Lipinski definition) is 1. The number of carbonyl (C=O) groups excluding carboxylic acids is 1. The summed E-state index contributed by atoms with van der Waals surface area (Å²) in [4.78, 5) is 26.7. The second kappa shape index (κ2) is 7.06. The summed E-state index contributed by atoms with van der Waals surface area (Å²) >= 11 is 0. The van der Waals surface area contributed by atoms with Crippen LogP contribution in [0.2, 0.25) is 0 Å². The number of amides is 1. The molecule has 0 radical (unpaired) electrons. The zero-order chi connectivity index (χ0) is 18.0. The van der Waals surface area contributed by atoms with Crippen molar-refractivity contribution in [2.24, 2.45) is 0 Å². The zero-order valence-electron chi connectivity index (χ0n) is 14.3. The van der Waals surface area contributed by atoms with E-state index in [0.29, 0.717) is 17.6 Å². The number of halogens is 1. The molecule has 1 N–H and O–H groups in total. The molecule has 2 heterocycles. The van der Waals surface area contributed by atoms with Gasteiger partial charge >= 0.3 is 0 Å². The Hall–Kier alpha value is -2.67. The molecule has 0 aliphatic heterocycles. The van der Waals surface area contributed by atoms with Gasteiger partial charge in [0.2, 0.25) is 5.91 Å². The Morgan fingerprint density at radius 3 is 2.76 bits per heavy atom. The van der Waals surface area contributed by atoms with E-state index < -0.39 is 5.82 Å². The van der Waals surface area contributed by atoms with E-state index in [1.807, 2.05) is 19.0 Å². The lowest BCUT2D eigenvalue weighted by atomic mass is 10.2. The van der Waals surface area contributed by atoms with Crippen LogP contribution in [0.15, 0.2) is 41.3 Å². The van der Waals surface area contributed by atoms with Crippen LogP contribution in [0.3, 0.4) is 0 Å². The summed E-state index contributed by atoms with van der Waals surface area (Å²) < 4.78 is 16.9. The van der Waals surface area contributed by atoms with Crippen molar-refractivity contribution in [3.8, 4) is 0 Å². The SMILES string of the molecule is CN(C)CCNC(=O)CCn1c(=O)c2cccn2c2ccc(F)cc21. The zero-order valence-corrected chi connectivity index (χ0v) is 14.3. The molecule has 132 valence electrons. The highest BCUT2D eigenvalue weighted by Gasteiger charge is 2.12. The molecule has 0 saturated heterocycles. The lowest BCUT2D eigenvalue weighted by Crippen LogP contribution is -2.33. The topological polar surface area (TPSA) is 58.8 Å². The number of carbonyl (C=O) groups is 1. The minimum Gasteiger partial charge on any atom is -0.355 e. The van der Waals surface area contributed by atoms with Crippen LogP contribution in [-0.4, -0.2) is 47.0 Å². The van der Waals surface area contributed by atoms with E-state index in [9.17, 15) is 14.0 Å². The standard InChI is InChI=1S/C18H21FN4O2/c1-21(2)11-8-20-17(24)7-10-23-16-12-13(19)5-6-14(16)22-9-3-4-15(22)18(23)25/h3-6,9,12H,7-8,10-11H2,1-2H3,(H,20,24). The molecule has 0 unspecified atom stereocenters. The van der Waals surface area contributed by atoms with Crippen LogP contribution in [-0.2, 0) is 11.3 Å². The van der Waals surface area contributed by atoms with E-state index in [4.69, 9.17) is 0 Å². The molecule has 2 aromatic heterocycles. The normalized spacial score (nSPS) is 11.5. The molecule has 3 aromatic rings. The Bertz CT molecular complexity index is 974. The van der Waals surface area contributed by atoms with Crippen LogP contribution in [0.4, 0.5) is 4.39 Å². The lowest BCUT2D eigenvalue weighted by Gasteiger charge is -2.13. The van der Waals surface area contributed by atoms with Crippen LogP contribution >= 0.6 is 0 Å². The van der Waals surface area contributed by atoms with Crippen molar-refractivity contribution in [3.05, 3.63) is 52.7 Å². The van der Waals surface area contributed by atoms with Crippen molar-refractivity contribution in [3.63, 3.8) is 0 Å². The molecular weight excluding hydrogens is 323 g/mol. The van der Waals surface area contributed by atoms with E-state index in [-0.39, 0.29) is 24.4 Å². The molecule has 25 heavy (non-hydrogen) atoms. The van der Waals surface area contributed by atoms with Crippen molar-refractivity contribution in [2.75, 3.05) is 27.2 Å². The van der Waals surface area contributed by atoms with Crippen molar-refractivity contribution in [1.29, 1.82) is 0 Å². The van der Waals surface area contributed by atoms with Crippen molar-refractivity contribution >= 4 is 22.5 Å². The van der Waals surface area contributed by atoms with Gasteiger partial charge in [0.05, 0.1) is 11.0 Å². The van der Waals surface area contributed by atoms with E-state index >= 15 is 0 Å². The molecule has 1 amide bonds. The molecule has 0 spiro atoms. The predicted octanol–water partition coefficient (Wildman–Crippen LogP) is 1.46. The maximum atomic E-state index is 13.7. The summed E-state index contributed by atoms with van der Waals surface area (Å²) in [7, 11) is 3.86. The molecule has 0 aliphatic rings. The number of benzene rings is 1. The molecule has 7 heteroatoms. The number of hydrogen-bond acceptors (Lipinski definition) is 3. The largest absolute Gasteiger partial charge is 0.355 e. The Kier molecular flexibility index (Phi) is 4.85. The summed E-state index contributed by atoms with van der Waals surface area (Å²) in [6, 6.07) is 7.84. The Morgan fingerprint density at radius 2 is 2.00 bits per heavy atom. The first-order valence-electron chi connectivity index (χ1n) is 8.18. The number of aryl methyl sites for hydroxylation is 1. The minimum atomic E-state index is -0.414. The van der Waals surface area contributed by atoms with Crippen LogP contribution in [0, 0.1) is 5.82 Å². The third-order valence-corrected chi connectivity index (χ3v) is 4.14. The van der Waals surface area contributed by atoms with Crippen LogP contribution in [0.25, 0.3) is 16.6 Å². The molecule has 0 saturated carbocycles. The van der Waals surface area contributed by atoms with Gasteiger partial charge in [-0.15, -0.1) is 0 Å². The van der Waals surface area contributed by atoms with Gasteiger partial charge in [0.1, 0.15) is 11.3 Å².